The smallest absolute Gasteiger partial charge is 0.150 e. The number of aryl methyl sites for hydroxylation is 1. The summed E-state index contributed by atoms with van der Waals surface area (Å²) in [5.74, 6) is 2.55. The zero-order valence-corrected chi connectivity index (χ0v) is 11.8. The minimum absolute atomic E-state index is 0.152. The fourth-order valence-electron chi connectivity index (χ4n) is 2.30. The van der Waals surface area contributed by atoms with E-state index in [0.29, 0.717) is 12.2 Å². The summed E-state index contributed by atoms with van der Waals surface area (Å²) >= 11 is 1.90. The van der Waals surface area contributed by atoms with E-state index < -0.39 is 0 Å². The molecule has 0 aliphatic carbocycles. The van der Waals surface area contributed by atoms with Gasteiger partial charge in [0.2, 0.25) is 0 Å². The monoisotopic (exact) mass is 263 g/mol. The lowest BCUT2D eigenvalue weighted by Gasteiger charge is -2.30. The number of thioether (sulfide) groups is 1. The zero-order chi connectivity index (χ0) is 12.8. The van der Waals surface area contributed by atoms with Crippen LogP contribution in [0.1, 0.15) is 18.4 Å². The molecule has 0 aromatic heterocycles. The van der Waals surface area contributed by atoms with Crippen molar-refractivity contribution in [1.82, 2.24) is 4.90 Å². The minimum Gasteiger partial charge on any atom is -0.298 e. The first-order valence-corrected chi connectivity index (χ1v) is 7.77. The Balaban J connectivity index is 1.74. The molecule has 18 heavy (non-hydrogen) atoms. The van der Waals surface area contributed by atoms with Crippen molar-refractivity contribution >= 4 is 17.5 Å². The number of rotatable bonds is 5. The summed E-state index contributed by atoms with van der Waals surface area (Å²) in [4.78, 5) is 14.4. The first-order valence-electron chi connectivity index (χ1n) is 6.62. The molecule has 0 bridgehead atoms. The van der Waals surface area contributed by atoms with Gasteiger partial charge < -0.3 is 0 Å². The van der Waals surface area contributed by atoms with Gasteiger partial charge in [-0.2, -0.15) is 11.8 Å². The molecule has 1 atom stereocenters. The first-order chi connectivity index (χ1) is 8.77. The second-order valence-electron chi connectivity index (χ2n) is 4.88. The average Bonchev–Trinajstić information content (AvgIpc) is 2.40. The molecule has 2 nitrogen and oxygen atoms in total. The van der Waals surface area contributed by atoms with Crippen LogP contribution in [0, 0.1) is 0 Å². The van der Waals surface area contributed by atoms with E-state index in [2.05, 4.69) is 36.2 Å². The summed E-state index contributed by atoms with van der Waals surface area (Å²) in [7, 11) is 2.07. The number of carbonyl (C=O) groups is 1. The van der Waals surface area contributed by atoms with Crippen LogP contribution in [0.5, 0.6) is 0 Å². The molecule has 1 saturated heterocycles. The molecular formula is C15H21NOS. The predicted molar refractivity (Wildman–Crippen MR) is 78.1 cm³/mol. The van der Waals surface area contributed by atoms with E-state index in [-0.39, 0.29) is 6.04 Å². The summed E-state index contributed by atoms with van der Waals surface area (Å²) in [5, 5.41) is 0. The molecule has 0 N–H and O–H groups in total. The van der Waals surface area contributed by atoms with Gasteiger partial charge >= 0.3 is 0 Å². The summed E-state index contributed by atoms with van der Waals surface area (Å²) in [6.07, 6.45) is 2.69. The molecule has 0 spiro atoms. The largest absolute Gasteiger partial charge is 0.298 e. The highest BCUT2D eigenvalue weighted by atomic mass is 32.2. The highest BCUT2D eigenvalue weighted by molar-refractivity contribution is 7.99. The van der Waals surface area contributed by atoms with Crippen LogP contribution in [0.2, 0.25) is 0 Å². The standard InChI is InChI=1S/C15H21NOS/c1-16-10-11-18-12-14(16)15(17)9-5-8-13-6-3-2-4-7-13/h2-4,6-7,14H,5,8-12H2,1H3. The molecule has 1 aliphatic rings. The third-order valence-corrected chi connectivity index (χ3v) is 4.52. The van der Waals surface area contributed by atoms with Gasteiger partial charge in [-0.3, -0.25) is 9.69 Å². The summed E-state index contributed by atoms with van der Waals surface area (Å²) < 4.78 is 0. The first kappa shape index (κ1) is 13.6. The number of likely N-dealkylation sites (N-methyl/N-ethyl adjacent to an activating group) is 1. The Morgan fingerprint density at radius 2 is 2.17 bits per heavy atom. The van der Waals surface area contributed by atoms with E-state index in [0.717, 1.165) is 30.9 Å². The predicted octanol–water partition coefficient (Wildman–Crippen LogP) is 2.63. The zero-order valence-electron chi connectivity index (χ0n) is 11.0. The van der Waals surface area contributed by atoms with Crippen LogP contribution in [0.4, 0.5) is 0 Å². The van der Waals surface area contributed by atoms with Gasteiger partial charge in [-0.25, -0.2) is 0 Å². The molecule has 0 saturated carbocycles. The number of Topliss-reactive ketones (excluding diaryl/α,β-unsaturated/α-hetero) is 1. The Morgan fingerprint density at radius 3 is 2.89 bits per heavy atom. The topological polar surface area (TPSA) is 20.3 Å². The van der Waals surface area contributed by atoms with Crippen LogP contribution < -0.4 is 0 Å². The highest BCUT2D eigenvalue weighted by Crippen LogP contribution is 2.17. The number of carbonyl (C=O) groups excluding carboxylic acids is 1. The second-order valence-corrected chi connectivity index (χ2v) is 6.03. The van der Waals surface area contributed by atoms with Crippen molar-refractivity contribution in [3.8, 4) is 0 Å². The van der Waals surface area contributed by atoms with E-state index in [4.69, 9.17) is 0 Å². The van der Waals surface area contributed by atoms with Gasteiger partial charge in [0.25, 0.3) is 0 Å². The Labute approximate surface area is 114 Å². The number of benzene rings is 1. The van der Waals surface area contributed by atoms with Crippen molar-refractivity contribution < 1.29 is 4.79 Å². The number of hydrogen-bond acceptors (Lipinski definition) is 3. The van der Waals surface area contributed by atoms with Crippen LogP contribution in [-0.4, -0.2) is 41.8 Å². The summed E-state index contributed by atoms with van der Waals surface area (Å²) in [6, 6.07) is 10.6. The van der Waals surface area contributed by atoms with E-state index in [1.165, 1.54) is 5.56 Å². The van der Waals surface area contributed by atoms with Crippen LogP contribution in [-0.2, 0) is 11.2 Å². The van der Waals surface area contributed by atoms with Gasteiger partial charge in [-0.1, -0.05) is 30.3 Å². The fourth-order valence-corrected chi connectivity index (χ4v) is 3.55. The normalized spacial score (nSPS) is 20.8. The summed E-state index contributed by atoms with van der Waals surface area (Å²) in [5.41, 5.74) is 1.33. The third-order valence-electron chi connectivity index (χ3n) is 3.50. The minimum atomic E-state index is 0.152. The Bertz CT molecular complexity index is 379. The highest BCUT2D eigenvalue weighted by Gasteiger charge is 2.25. The molecule has 1 aromatic carbocycles. The molecule has 1 aromatic rings. The maximum atomic E-state index is 12.1. The van der Waals surface area contributed by atoms with Crippen molar-refractivity contribution in [3.63, 3.8) is 0 Å². The van der Waals surface area contributed by atoms with Crippen LogP contribution >= 0.6 is 11.8 Å². The van der Waals surface area contributed by atoms with Crippen LogP contribution in [0.3, 0.4) is 0 Å². The average molecular weight is 263 g/mol. The SMILES string of the molecule is CN1CCSCC1C(=O)CCCc1ccccc1. The van der Waals surface area contributed by atoms with Gasteiger partial charge in [0.05, 0.1) is 6.04 Å². The van der Waals surface area contributed by atoms with Crippen molar-refractivity contribution in [2.45, 2.75) is 25.3 Å². The van der Waals surface area contributed by atoms with Gasteiger partial charge in [0.1, 0.15) is 0 Å². The van der Waals surface area contributed by atoms with E-state index >= 15 is 0 Å². The maximum absolute atomic E-state index is 12.1. The Kier molecular flexibility index (Phi) is 5.26. The lowest BCUT2D eigenvalue weighted by molar-refractivity contribution is -0.123. The molecular weight excluding hydrogens is 242 g/mol. The second kappa shape index (κ2) is 6.95. The Hall–Kier alpha value is -0.800. The molecule has 1 fully saturated rings. The van der Waals surface area contributed by atoms with Crippen LogP contribution in [0.15, 0.2) is 30.3 Å². The molecule has 0 amide bonds. The number of ketones is 1. The molecule has 1 aliphatic heterocycles. The van der Waals surface area contributed by atoms with Gasteiger partial charge in [-0.15, -0.1) is 0 Å². The molecule has 3 heteroatoms. The van der Waals surface area contributed by atoms with Gasteiger partial charge in [0.15, 0.2) is 5.78 Å². The quantitative estimate of drug-likeness (QED) is 0.814. The van der Waals surface area contributed by atoms with Crippen molar-refractivity contribution in [1.29, 1.82) is 0 Å². The maximum Gasteiger partial charge on any atom is 0.150 e. The van der Waals surface area contributed by atoms with E-state index in [1.807, 2.05) is 17.8 Å². The van der Waals surface area contributed by atoms with Crippen molar-refractivity contribution in [3.05, 3.63) is 35.9 Å². The van der Waals surface area contributed by atoms with E-state index in [9.17, 15) is 4.79 Å². The molecule has 1 heterocycles. The Morgan fingerprint density at radius 1 is 1.39 bits per heavy atom. The van der Waals surface area contributed by atoms with Gasteiger partial charge in [-0.05, 0) is 25.5 Å². The van der Waals surface area contributed by atoms with Crippen molar-refractivity contribution in [2.75, 3.05) is 25.1 Å². The third kappa shape index (κ3) is 3.85. The van der Waals surface area contributed by atoms with Crippen molar-refractivity contribution in [2.24, 2.45) is 0 Å². The molecule has 98 valence electrons. The lowest BCUT2D eigenvalue weighted by Crippen LogP contribution is -2.44. The van der Waals surface area contributed by atoms with Gasteiger partial charge in [0, 0.05) is 24.5 Å². The molecule has 0 radical (unpaired) electrons. The van der Waals surface area contributed by atoms with Crippen LogP contribution in [0.25, 0.3) is 0 Å². The number of nitrogens with zero attached hydrogens (tertiary/aromatic N) is 1. The summed E-state index contributed by atoms with van der Waals surface area (Å²) in [6.45, 7) is 1.04. The molecule has 1 unspecified atom stereocenters. The fraction of sp³-hybridized carbons (Fsp3) is 0.533. The lowest BCUT2D eigenvalue weighted by atomic mass is 10.0. The van der Waals surface area contributed by atoms with E-state index in [1.54, 1.807) is 0 Å². The number of hydrogen-bond donors (Lipinski definition) is 0. The molecule has 2 rings (SSSR count).